The van der Waals surface area contributed by atoms with Crippen molar-refractivity contribution >= 4 is 23.7 Å². The van der Waals surface area contributed by atoms with Crippen molar-refractivity contribution in [1.82, 2.24) is 10.4 Å². The molecule has 0 aliphatic carbocycles. The number of rotatable bonds is 6. The molecular weight excluding hydrogens is 292 g/mol. The zero-order valence-electron chi connectivity index (χ0n) is 12.8. The van der Waals surface area contributed by atoms with Crippen LogP contribution in [0.3, 0.4) is 0 Å². The second-order valence-electron chi connectivity index (χ2n) is 4.83. The molecule has 23 heavy (non-hydrogen) atoms. The molecule has 0 atom stereocenters. The lowest BCUT2D eigenvalue weighted by atomic mass is 10.2. The summed E-state index contributed by atoms with van der Waals surface area (Å²) in [4.78, 5) is 27.5. The summed E-state index contributed by atoms with van der Waals surface area (Å²) in [7, 11) is 0. The number of nitrogens with one attached hydrogen (secondary N) is 2. The van der Waals surface area contributed by atoms with Gasteiger partial charge in [0.15, 0.2) is 0 Å². The minimum atomic E-state index is -0.330. The van der Waals surface area contributed by atoms with Gasteiger partial charge in [0.25, 0.3) is 5.91 Å². The number of hydrogen-bond acceptors (Lipinski definition) is 4. The van der Waals surface area contributed by atoms with E-state index in [4.69, 9.17) is 0 Å². The number of carbonyl (C=O) groups excluding carboxylic acids is 2. The fourth-order valence-corrected chi connectivity index (χ4v) is 1.83. The molecule has 0 aliphatic rings. The van der Waals surface area contributed by atoms with Crippen molar-refractivity contribution in [2.24, 2.45) is 5.10 Å². The molecule has 2 N–H and O–H groups in total. The molecule has 0 spiro atoms. The Morgan fingerprint density at radius 1 is 1.17 bits per heavy atom. The van der Waals surface area contributed by atoms with Crippen LogP contribution in [0.4, 0.5) is 5.69 Å². The third-order valence-corrected chi connectivity index (χ3v) is 2.96. The number of amides is 2. The molecule has 0 aliphatic heterocycles. The Hall–Kier alpha value is -3.02. The van der Waals surface area contributed by atoms with Gasteiger partial charge >= 0.3 is 0 Å². The molecule has 118 valence electrons. The topological polar surface area (TPSA) is 83.5 Å². The molecule has 2 rings (SSSR count). The first-order valence-corrected chi connectivity index (χ1v) is 7.33. The zero-order valence-corrected chi connectivity index (χ0v) is 12.8. The quantitative estimate of drug-likeness (QED) is 0.635. The number of hydrazone groups is 1. The second kappa shape index (κ2) is 8.43. The molecule has 0 saturated carbocycles. The average Bonchev–Trinajstić information content (AvgIpc) is 2.56. The van der Waals surface area contributed by atoms with Gasteiger partial charge in [-0.05, 0) is 42.8 Å². The van der Waals surface area contributed by atoms with Gasteiger partial charge in [-0.3, -0.25) is 14.6 Å². The second-order valence-corrected chi connectivity index (χ2v) is 4.83. The monoisotopic (exact) mass is 310 g/mol. The van der Waals surface area contributed by atoms with E-state index in [9.17, 15) is 9.59 Å². The number of pyridine rings is 1. The first-order valence-electron chi connectivity index (χ1n) is 7.33. The first-order chi connectivity index (χ1) is 11.2. The lowest BCUT2D eigenvalue weighted by molar-refractivity contribution is -0.116. The van der Waals surface area contributed by atoms with Crippen molar-refractivity contribution in [3.63, 3.8) is 0 Å². The highest BCUT2D eigenvalue weighted by Gasteiger charge is 2.05. The number of benzene rings is 1. The molecule has 1 aromatic heterocycles. The summed E-state index contributed by atoms with van der Waals surface area (Å²) >= 11 is 0. The summed E-state index contributed by atoms with van der Waals surface area (Å²) in [5.41, 5.74) is 4.20. The van der Waals surface area contributed by atoms with E-state index >= 15 is 0 Å². The number of hydrogen-bond donors (Lipinski definition) is 2. The third kappa shape index (κ3) is 5.35. The Bertz CT molecular complexity index is 681. The maximum atomic E-state index is 11.9. The van der Waals surface area contributed by atoms with Gasteiger partial charge in [0.1, 0.15) is 0 Å². The molecule has 0 fully saturated rings. The first kappa shape index (κ1) is 16.4. The number of nitrogens with zero attached hydrogens (tertiary/aromatic N) is 2. The Morgan fingerprint density at radius 3 is 2.61 bits per heavy atom. The highest BCUT2D eigenvalue weighted by atomic mass is 16.2. The Kier molecular flexibility index (Phi) is 5.99. The van der Waals surface area contributed by atoms with Crippen molar-refractivity contribution in [2.75, 3.05) is 5.32 Å². The molecule has 0 bridgehead atoms. The molecule has 0 saturated heterocycles. The summed E-state index contributed by atoms with van der Waals surface area (Å²) in [5, 5.41) is 6.62. The zero-order chi connectivity index (χ0) is 16.5. The van der Waals surface area contributed by atoms with Crippen LogP contribution >= 0.6 is 0 Å². The van der Waals surface area contributed by atoms with Crippen LogP contribution in [0.15, 0.2) is 53.8 Å². The van der Waals surface area contributed by atoms with Crippen LogP contribution in [0.2, 0.25) is 0 Å². The molecule has 1 heterocycles. The lowest BCUT2D eigenvalue weighted by Gasteiger charge is -2.05. The fourth-order valence-electron chi connectivity index (χ4n) is 1.83. The van der Waals surface area contributed by atoms with Crippen molar-refractivity contribution in [1.29, 1.82) is 0 Å². The van der Waals surface area contributed by atoms with Crippen molar-refractivity contribution in [3.05, 3.63) is 59.9 Å². The third-order valence-electron chi connectivity index (χ3n) is 2.96. The maximum Gasteiger partial charge on any atom is 0.271 e. The fraction of sp³-hybridized carbons (Fsp3) is 0.176. The van der Waals surface area contributed by atoms with E-state index in [0.29, 0.717) is 23.4 Å². The SMILES string of the molecule is CCCC(=O)Nc1ccc(C(=O)N/N=C/c2ccccn2)cc1. The number of anilines is 1. The van der Waals surface area contributed by atoms with Crippen molar-refractivity contribution in [3.8, 4) is 0 Å². The van der Waals surface area contributed by atoms with E-state index < -0.39 is 0 Å². The van der Waals surface area contributed by atoms with E-state index in [1.165, 1.54) is 6.21 Å². The predicted molar refractivity (Wildman–Crippen MR) is 89.3 cm³/mol. The van der Waals surface area contributed by atoms with Crippen LogP contribution in [0.5, 0.6) is 0 Å². The van der Waals surface area contributed by atoms with Crippen LogP contribution < -0.4 is 10.7 Å². The van der Waals surface area contributed by atoms with Crippen LogP contribution in [-0.2, 0) is 4.79 Å². The Balaban J connectivity index is 1.90. The van der Waals surface area contributed by atoms with Gasteiger partial charge in [-0.2, -0.15) is 5.10 Å². The summed E-state index contributed by atoms with van der Waals surface area (Å²) < 4.78 is 0. The van der Waals surface area contributed by atoms with E-state index in [1.807, 2.05) is 13.0 Å². The smallest absolute Gasteiger partial charge is 0.271 e. The van der Waals surface area contributed by atoms with Gasteiger partial charge in [0.2, 0.25) is 5.91 Å². The standard InChI is InChI=1S/C17H18N4O2/c1-2-5-16(22)20-14-9-7-13(8-10-14)17(23)21-19-12-15-6-3-4-11-18-15/h3-4,6-12H,2,5H2,1H3,(H,20,22)(H,21,23)/b19-12+. The molecular formula is C17H18N4O2. The van der Waals surface area contributed by atoms with E-state index in [1.54, 1.807) is 42.6 Å². The summed E-state index contributed by atoms with van der Waals surface area (Å²) in [6.45, 7) is 1.94. The predicted octanol–water partition coefficient (Wildman–Crippen LogP) is 2.58. The molecule has 2 aromatic rings. The minimum absolute atomic E-state index is 0.0373. The largest absolute Gasteiger partial charge is 0.326 e. The average molecular weight is 310 g/mol. The van der Waals surface area contributed by atoms with Crippen molar-refractivity contribution < 1.29 is 9.59 Å². The van der Waals surface area contributed by atoms with Crippen molar-refractivity contribution in [2.45, 2.75) is 19.8 Å². The Morgan fingerprint density at radius 2 is 1.96 bits per heavy atom. The normalized spacial score (nSPS) is 10.5. The highest BCUT2D eigenvalue weighted by molar-refractivity contribution is 5.96. The molecule has 2 amide bonds. The van der Waals surface area contributed by atoms with Gasteiger partial charge in [0.05, 0.1) is 11.9 Å². The van der Waals surface area contributed by atoms with Gasteiger partial charge < -0.3 is 5.32 Å². The van der Waals surface area contributed by atoms with E-state index in [0.717, 1.165) is 6.42 Å². The summed E-state index contributed by atoms with van der Waals surface area (Å²) in [5.74, 6) is -0.367. The number of carbonyl (C=O) groups is 2. The maximum absolute atomic E-state index is 11.9. The van der Waals surface area contributed by atoms with E-state index in [2.05, 4.69) is 20.8 Å². The lowest BCUT2D eigenvalue weighted by Crippen LogP contribution is -2.18. The van der Waals surface area contributed by atoms with E-state index in [-0.39, 0.29) is 11.8 Å². The van der Waals surface area contributed by atoms with Crippen LogP contribution in [0, 0.1) is 0 Å². The molecule has 1 aromatic carbocycles. The molecule has 0 radical (unpaired) electrons. The molecule has 0 unspecified atom stereocenters. The van der Waals surface area contributed by atoms with Gasteiger partial charge in [-0.25, -0.2) is 5.43 Å². The van der Waals surface area contributed by atoms with Crippen LogP contribution in [0.1, 0.15) is 35.8 Å². The van der Waals surface area contributed by atoms with Crippen LogP contribution in [0.25, 0.3) is 0 Å². The highest BCUT2D eigenvalue weighted by Crippen LogP contribution is 2.10. The minimum Gasteiger partial charge on any atom is -0.326 e. The Labute approximate surface area is 134 Å². The number of aromatic nitrogens is 1. The summed E-state index contributed by atoms with van der Waals surface area (Å²) in [6, 6.07) is 12.1. The van der Waals surface area contributed by atoms with Crippen LogP contribution in [-0.4, -0.2) is 23.0 Å². The van der Waals surface area contributed by atoms with Gasteiger partial charge in [-0.1, -0.05) is 13.0 Å². The van der Waals surface area contributed by atoms with Gasteiger partial charge in [0, 0.05) is 23.9 Å². The summed E-state index contributed by atoms with van der Waals surface area (Å²) in [6.07, 6.45) is 4.39. The molecule has 6 heteroatoms. The van der Waals surface area contributed by atoms with Gasteiger partial charge in [-0.15, -0.1) is 0 Å². The molecule has 6 nitrogen and oxygen atoms in total.